The fourth-order valence-electron chi connectivity index (χ4n) is 4.26. The number of rotatable bonds is 6. The van der Waals surface area contributed by atoms with Crippen LogP contribution in [0.5, 0.6) is 0 Å². The average Bonchev–Trinajstić information content (AvgIpc) is 3.34. The summed E-state index contributed by atoms with van der Waals surface area (Å²) in [5, 5.41) is 3.61. The van der Waals surface area contributed by atoms with Crippen molar-refractivity contribution in [1.82, 2.24) is 14.7 Å². The van der Waals surface area contributed by atoms with E-state index in [-0.39, 0.29) is 23.4 Å². The van der Waals surface area contributed by atoms with Gasteiger partial charge in [0, 0.05) is 22.8 Å². The molecule has 0 radical (unpaired) electrons. The Morgan fingerprint density at radius 3 is 2.22 bits per heavy atom. The molecule has 0 atom stereocenters. The van der Waals surface area contributed by atoms with E-state index in [9.17, 15) is 18.8 Å². The van der Waals surface area contributed by atoms with Crippen LogP contribution in [-0.4, -0.2) is 26.5 Å². The molecule has 0 saturated carbocycles. The maximum absolute atomic E-state index is 13.8. The van der Waals surface area contributed by atoms with Crippen molar-refractivity contribution in [1.29, 1.82) is 0 Å². The summed E-state index contributed by atoms with van der Waals surface area (Å²) in [5.74, 6) is -1.55. The van der Waals surface area contributed by atoms with Crippen LogP contribution in [0.2, 0.25) is 5.02 Å². The van der Waals surface area contributed by atoms with Gasteiger partial charge in [-0.2, -0.15) is 4.57 Å². The Balaban J connectivity index is 1.68. The zero-order valence-corrected chi connectivity index (χ0v) is 20.0. The highest BCUT2D eigenvalue weighted by atomic mass is 35.5. The van der Waals surface area contributed by atoms with E-state index in [2.05, 4.69) is 5.10 Å². The number of carbonyl (C=O) groups is 2. The summed E-state index contributed by atoms with van der Waals surface area (Å²) < 4.78 is 16.3. The highest BCUT2D eigenvalue weighted by Crippen LogP contribution is 2.31. The second-order valence-electron chi connectivity index (χ2n) is 8.27. The van der Waals surface area contributed by atoms with Gasteiger partial charge in [-0.25, -0.2) is 9.07 Å². The number of halogens is 2. The smallest absolute Gasteiger partial charge is 0.294 e. The van der Waals surface area contributed by atoms with Crippen LogP contribution >= 0.6 is 11.6 Å². The van der Waals surface area contributed by atoms with Crippen LogP contribution in [-0.2, 0) is 22.6 Å². The van der Waals surface area contributed by atoms with Gasteiger partial charge >= 0.3 is 5.91 Å². The fourth-order valence-corrected chi connectivity index (χ4v) is 4.39. The minimum Gasteiger partial charge on any atom is -0.294 e. The molecule has 2 amide bonds. The van der Waals surface area contributed by atoms with Crippen molar-refractivity contribution >= 4 is 34.7 Å². The van der Waals surface area contributed by atoms with Crippen molar-refractivity contribution in [3.05, 3.63) is 117 Å². The molecule has 5 rings (SSSR count). The number of hydrogen-bond donors (Lipinski definition) is 1. The molecule has 2 aromatic carbocycles. The molecule has 7 nitrogen and oxygen atoms in total. The summed E-state index contributed by atoms with van der Waals surface area (Å²) in [6.07, 6.45) is 3.72. The number of hydrogen-bond acceptors (Lipinski definition) is 3. The Hall–Kier alpha value is -4.30. The highest BCUT2D eigenvalue weighted by Gasteiger charge is 2.47. The maximum Gasteiger partial charge on any atom is 0.327 e. The van der Waals surface area contributed by atoms with Gasteiger partial charge in [0.15, 0.2) is 12.4 Å². The van der Waals surface area contributed by atoms with E-state index in [4.69, 9.17) is 11.6 Å². The largest absolute Gasteiger partial charge is 0.327 e. The number of nitrogens with one attached hydrogen (secondary N) is 1. The summed E-state index contributed by atoms with van der Waals surface area (Å²) in [7, 11) is 0. The van der Waals surface area contributed by atoms with Crippen molar-refractivity contribution in [2.75, 3.05) is 0 Å². The van der Waals surface area contributed by atoms with Gasteiger partial charge in [0.05, 0.1) is 17.8 Å². The van der Waals surface area contributed by atoms with E-state index in [1.54, 1.807) is 59.4 Å². The molecule has 1 aliphatic heterocycles. The molecule has 0 bridgehead atoms. The second-order valence-corrected chi connectivity index (χ2v) is 8.70. The van der Waals surface area contributed by atoms with Crippen LogP contribution in [0.1, 0.15) is 23.7 Å². The molecule has 3 heterocycles. The Bertz CT molecular complexity index is 1560. The van der Waals surface area contributed by atoms with E-state index in [1.807, 2.05) is 6.92 Å². The molecule has 0 aliphatic carbocycles. The standard InChI is InChI=1S/C27H20ClFN4O3/c1-2-21-22(26(35)33(30-21)20-12-8-18(28)9-13-20)23-24(31-14-4-3-5-15-31)27(36)32(25(23)34)16-17-6-10-19(29)11-7-17/h3-15H,2,16H2,1H3/p+1. The second kappa shape index (κ2) is 9.39. The summed E-state index contributed by atoms with van der Waals surface area (Å²) in [5.41, 5.74) is 1.42. The molecule has 2 aromatic heterocycles. The quantitative estimate of drug-likeness (QED) is 0.321. The van der Waals surface area contributed by atoms with Gasteiger partial charge in [0.2, 0.25) is 0 Å². The van der Waals surface area contributed by atoms with Crippen molar-refractivity contribution < 1.29 is 18.5 Å². The first kappa shape index (κ1) is 23.4. The van der Waals surface area contributed by atoms with Gasteiger partial charge in [0.1, 0.15) is 11.4 Å². The predicted octanol–water partition coefficient (Wildman–Crippen LogP) is 3.75. The molecular weight excluding hydrogens is 483 g/mol. The zero-order chi connectivity index (χ0) is 25.4. The van der Waals surface area contributed by atoms with Gasteiger partial charge in [0.25, 0.3) is 17.2 Å². The summed E-state index contributed by atoms with van der Waals surface area (Å²) in [4.78, 5) is 42.1. The van der Waals surface area contributed by atoms with Crippen LogP contribution in [0, 0.1) is 5.82 Å². The van der Waals surface area contributed by atoms with Crippen LogP contribution in [0.25, 0.3) is 17.0 Å². The molecule has 0 unspecified atom stereocenters. The first-order chi connectivity index (χ1) is 17.4. The molecule has 0 saturated heterocycles. The van der Waals surface area contributed by atoms with Gasteiger partial charge in [-0.3, -0.25) is 24.4 Å². The van der Waals surface area contributed by atoms with Crippen LogP contribution in [0.3, 0.4) is 0 Å². The van der Waals surface area contributed by atoms with Crippen LogP contribution in [0.4, 0.5) is 4.39 Å². The van der Waals surface area contributed by atoms with E-state index in [1.165, 1.54) is 28.9 Å². The topological polar surface area (TPSA) is 79.1 Å². The first-order valence-electron chi connectivity index (χ1n) is 11.3. The van der Waals surface area contributed by atoms with Gasteiger partial charge in [-0.15, -0.1) is 0 Å². The van der Waals surface area contributed by atoms with E-state index in [0.29, 0.717) is 28.4 Å². The van der Waals surface area contributed by atoms with Crippen molar-refractivity contribution in [3.63, 3.8) is 0 Å². The Labute approximate surface area is 210 Å². The molecule has 180 valence electrons. The number of aromatic amines is 1. The summed E-state index contributed by atoms with van der Waals surface area (Å²) in [6, 6.07) is 17.5. The molecule has 9 heteroatoms. The maximum atomic E-state index is 13.8. The van der Waals surface area contributed by atoms with E-state index < -0.39 is 23.2 Å². The molecule has 1 aliphatic rings. The van der Waals surface area contributed by atoms with Gasteiger partial charge < -0.3 is 0 Å². The van der Waals surface area contributed by atoms with Crippen LogP contribution in [0.15, 0.2) is 83.9 Å². The molecule has 1 N–H and O–H groups in total. The van der Waals surface area contributed by atoms with Crippen molar-refractivity contribution in [3.8, 4) is 5.69 Å². The molecule has 4 aromatic rings. The van der Waals surface area contributed by atoms with Crippen molar-refractivity contribution in [2.45, 2.75) is 19.9 Å². The zero-order valence-electron chi connectivity index (χ0n) is 19.2. The number of imide groups is 1. The van der Waals surface area contributed by atoms with Crippen molar-refractivity contribution in [2.24, 2.45) is 0 Å². The number of carbonyl (C=O) groups excluding carboxylic acids is 2. The predicted molar refractivity (Wildman–Crippen MR) is 132 cm³/mol. The number of aryl methyl sites for hydroxylation is 1. The normalized spacial score (nSPS) is 13.7. The lowest BCUT2D eigenvalue weighted by atomic mass is 10.0. The number of pyridine rings is 1. The summed E-state index contributed by atoms with van der Waals surface area (Å²) in [6.45, 7) is 1.80. The van der Waals surface area contributed by atoms with E-state index in [0.717, 1.165) is 4.90 Å². The third-order valence-electron chi connectivity index (χ3n) is 6.03. The fraction of sp³-hybridized carbons (Fsp3) is 0.111. The number of nitrogens with zero attached hydrogens (tertiary/aromatic N) is 3. The van der Waals surface area contributed by atoms with Gasteiger partial charge in [-0.1, -0.05) is 36.7 Å². The number of H-pyrrole nitrogens is 1. The van der Waals surface area contributed by atoms with E-state index >= 15 is 0 Å². The number of benzene rings is 2. The lowest BCUT2D eigenvalue weighted by molar-refractivity contribution is -0.576. The lowest BCUT2D eigenvalue weighted by Crippen LogP contribution is -2.39. The Morgan fingerprint density at radius 2 is 1.58 bits per heavy atom. The minimum absolute atomic E-state index is 0.0177. The third kappa shape index (κ3) is 4.05. The number of amides is 2. The molecule has 36 heavy (non-hydrogen) atoms. The molecular formula is C27H21ClFN4O3+. The van der Waals surface area contributed by atoms with Crippen LogP contribution < -0.4 is 10.1 Å². The summed E-state index contributed by atoms with van der Waals surface area (Å²) >= 11 is 6.00. The minimum atomic E-state index is -0.593. The third-order valence-corrected chi connectivity index (χ3v) is 6.28. The Morgan fingerprint density at radius 1 is 0.917 bits per heavy atom. The highest BCUT2D eigenvalue weighted by molar-refractivity contribution is 6.44. The lowest BCUT2D eigenvalue weighted by Gasteiger charge is -2.14. The Kier molecular flexibility index (Phi) is 6.12. The molecule has 0 fully saturated rings. The SMILES string of the molecule is CCc1[nH]n(-c2ccc(Cl)cc2)c(=O)c1C1=C([n+]2ccccc2)C(=O)N(Cc2ccc(F)cc2)C1=O. The average molecular weight is 504 g/mol. The monoisotopic (exact) mass is 503 g/mol. The first-order valence-corrected chi connectivity index (χ1v) is 11.7. The van der Waals surface area contributed by atoms with Gasteiger partial charge in [-0.05, 0) is 48.4 Å². The number of aromatic nitrogens is 3. The molecule has 0 spiro atoms.